The van der Waals surface area contributed by atoms with Crippen molar-refractivity contribution in [1.82, 2.24) is 19.7 Å². The Balaban J connectivity index is 1.70. The lowest BCUT2D eigenvalue weighted by Gasteiger charge is -2.12. The second-order valence-corrected chi connectivity index (χ2v) is 7.15. The summed E-state index contributed by atoms with van der Waals surface area (Å²) in [6.07, 6.45) is -1.07. The number of rotatable bonds is 5. The van der Waals surface area contributed by atoms with Crippen LogP contribution < -0.4 is 5.32 Å². The maximum Gasteiger partial charge on any atom is 0.417 e. The Hall–Kier alpha value is -2.30. The Kier molecular flexibility index (Phi) is 6.11. The number of alkyl halides is 3. The van der Waals surface area contributed by atoms with Crippen molar-refractivity contribution in [2.24, 2.45) is 0 Å². The van der Waals surface area contributed by atoms with E-state index >= 15 is 0 Å². The van der Waals surface area contributed by atoms with Gasteiger partial charge >= 0.3 is 6.18 Å². The van der Waals surface area contributed by atoms with Crippen LogP contribution in [-0.2, 0) is 11.0 Å². The van der Waals surface area contributed by atoms with Crippen LogP contribution in [0.2, 0.25) is 10.0 Å². The van der Waals surface area contributed by atoms with E-state index in [1.807, 2.05) is 0 Å². The lowest BCUT2D eigenvalue weighted by Crippen LogP contribution is -2.16. The molecule has 2 aromatic heterocycles. The molecule has 0 bridgehead atoms. The molecule has 0 radical (unpaired) electrons. The zero-order chi connectivity index (χ0) is 20.3. The van der Waals surface area contributed by atoms with Crippen LogP contribution >= 0.6 is 35.0 Å². The number of hydrogen-bond donors (Lipinski definition) is 1. The Morgan fingerprint density at radius 2 is 2.04 bits per heavy atom. The summed E-state index contributed by atoms with van der Waals surface area (Å²) in [5, 5.41) is 7.02. The van der Waals surface area contributed by atoms with Gasteiger partial charge in [0, 0.05) is 11.2 Å². The van der Waals surface area contributed by atoms with Gasteiger partial charge in [0.1, 0.15) is 17.7 Å². The number of benzene rings is 1. The Morgan fingerprint density at radius 1 is 1.25 bits per heavy atom. The molecule has 2 heterocycles. The van der Waals surface area contributed by atoms with Crippen molar-refractivity contribution in [2.75, 3.05) is 11.1 Å². The van der Waals surface area contributed by atoms with Crippen LogP contribution in [0, 0.1) is 0 Å². The number of carbonyl (C=O) groups excluding carboxylic acids is 1. The average molecular weight is 448 g/mol. The zero-order valence-corrected chi connectivity index (χ0v) is 16.1. The third kappa shape index (κ3) is 4.94. The SMILES string of the molecule is O=C(CSc1ncc(C(F)(F)F)cc1Cl)Nc1cc(Cl)ccc1-n1cncn1. The van der Waals surface area contributed by atoms with Crippen LogP contribution in [0.3, 0.4) is 0 Å². The van der Waals surface area contributed by atoms with Gasteiger partial charge in [0.25, 0.3) is 0 Å². The van der Waals surface area contributed by atoms with E-state index in [1.165, 1.54) is 17.3 Å². The molecule has 0 fully saturated rings. The van der Waals surface area contributed by atoms with Crippen LogP contribution in [-0.4, -0.2) is 31.4 Å². The molecule has 0 spiro atoms. The molecule has 146 valence electrons. The number of nitrogens with zero attached hydrogens (tertiary/aromatic N) is 4. The van der Waals surface area contributed by atoms with E-state index in [0.717, 1.165) is 17.8 Å². The first kappa shape index (κ1) is 20.4. The highest BCUT2D eigenvalue weighted by Crippen LogP contribution is 2.33. The van der Waals surface area contributed by atoms with Crippen LogP contribution in [0.1, 0.15) is 5.56 Å². The first-order valence-corrected chi connectivity index (χ1v) is 9.28. The molecule has 0 unspecified atom stereocenters. The minimum Gasteiger partial charge on any atom is -0.323 e. The summed E-state index contributed by atoms with van der Waals surface area (Å²) in [7, 11) is 0. The normalized spacial score (nSPS) is 11.5. The van der Waals surface area contributed by atoms with Crippen molar-refractivity contribution in [2.45, 2.75) is 11.2 Å². The summed E-state index contributed by atoms with van der Waals surface area (Å²) < 4.78 is 39.4. The molecule has 0 saturated heterocycles. The van der Waals surface area contributed by atoms with Gasteiger partial charge in [0.05, 0.1) is 27.7 Å². The van der Waals surface area contributed by atoms with Crippen LogP contribution in [0.25, 0.3) is 5.69 Å². The standard InChI is InChI=1S/C16H10Cl2F3N5OS/c17-10-1-2-13(26-8-22-7-24-26)12(4-10)25-14(27)6-28-15-11(18)3-9(5-23-15)16(19,20)21/h1-5,7-8H,6H2,(H,25,27). The van der Waals surface area contributed by atoms with Gasteiger partial charge in [-0.2, -0.15) is 18.3 Å². The highest BCUT2D eigenvalue weighted by Gasteiger charge is 2.31. The largest absolute Gasteiger partial charge is 0.417 e. The minimum atomic E-state index is -4.54. The number of thioether (sulfide) groups is 1. The maximum atomic E-state index is 12.7. The van der Waals surface area contributed by atoms with Crippen molar-refractivity contribution in [3.05, 3.63) is 58.7 Å². The number of hydrogen-bond acceptors (Lipinski definition) is 5. The van der Waals surface area contributed by atoms with Gasteiger partial charge in [0.2, 0.25) is 5.91 Å². The van der Waals surface area contributed by atoms with Crippen LogP contribution in [0.4, 0.5) is 18.9 Å². The summed E-state index contributed by atoms with van der Waals surface area (Å²) in [5.74, 6) is -0.548. The lowest BCUT2D eigenvalue weighted by molar-refractivity contribution is -0.137. The second kappa shape index (κ2) is 8.38. The summed E-state index contributed by atoms with van der Waals surface area (Å²) in [5.41, 5.74) is -0.0104. The molecule has 12 heteroatoms. The fourth-order valence-electron chi connectivity index (χ4n) is 2.15. The van der Waals surface area contributed by atoms with Gasteiger partial charge in [-0.25, -0.2) is 14.6 Å². The smallest absolute Gasteiger partial charge is 0.323 e. The fraction of sp³-hybridized carbons (Fsp3) is 0.125. The van der Waals surface area contributed by atoms with Gasteiger partial charge in [-0.3, -0.25) is 4.79 Å². The van der Waals surface area contributed by atoms with Crippen molar-refractivity contribution in [3.8, 4) is 5.69 Å². The Labute approximate surface area is 171 Å². The molecule has 6 nitrogen and oxygen atoms in total. The van der Waals surface area contributed by atoms with Crippen molar-refractivity contribution < 1.29 is 18.0 Å². The molecule has 1 N–H and O–H groups in total. The number of anilines is 1. The van der Waals surface area contributed by atoms with E-state index in [2.05, 4.69) is 20.4 Å². The fourth-order valence-corrected chi connectivity index (χ4v) is 3.31. The number of aromatic nitrogens is 4. The van der Waals surface area contributed by atoms with Gasteiger partial charge in [-0.05, 0) is 24.3 Å². The predicted octanol–water partition coefficient (Wildman–Crippen LogP) is 4.72. The molecule has 0 aliphatic rings. The van der Waals surface area contributed by atoms with E-state index in [0.29, 0.717) is 22.6 Å². The summed E-state index contributed by atoms with van der Waals surface area (Å²) in [6, 6.07) is 5.61. The lowest BCUT2D eigenvalue weighted by atomic mass is 10.2. The van der Waals surface area contributed by atoms with E-state index in [9.17, 15) is 18.0 Å². The van der Waals surface area contributed by atoms with Gasteiger partial charge < -0.3 is 5.32 Å². The first-order chi connectivity index (χ1) is 13.2. The average Bonchev–Trinajstić information content (AvgIpc) is 3.14. The molecule has 1 amide bonds. The van der Waals surface area contributed by atoms with E-state index in [-0.39, 0.29) is 15.8 Å². The Bertz CT molecular complexity index is 998. The van der Waals surface area contributed by atoms with Crippen molar-refractivity contribution in [3.63, 3.8) is 0 Å². The summed E-state index contributed by atoms with van der Waals surface area (Å²) in [4.78, 5) is 19.8. The summed E-state index contributed by atoms with van der Waals surface area (Å²) in [6.45, 7) is 0. The molecule has 0 aliphatic heterocycles. The van der Waals surface area contributed by atoms with Gasteiger partial charge in [0.15, 0.2) is 0 Å². The topological polar surface area (TPSA) is 72.7 Å². The molecule has 0 atom stereocenters. The number of carbonyl (C=O) groups is 1. The molecule has 3 rings (SSSR count). The number of pyridine rings is 1. The van der Waals surface area contributed by atoms with Crippen molar-refractivity contribution in [1.29, 1.82) is 0 Å². The quantitative estimate of drug-likeness (QED) is 0.572. The molecule has 3 aromatic rings. The zero-order valence-electron chi connectivity index (χ0n) is 13.7. The van der Waals surface area contributed by atoms with Crippen LogP contribution in [0.5, 0.6) is 0 Å². The van der Waals surface area contributed by atoms with E-state index < -0.39 is 17.6 Å². The molecular weight excluding hydrogens is 438 g/mol. The molecule has 0 aliphatic carbocycles. The minimum absolute atomic E-state index is 0.118. The second-order valence-electron chi connectivity index (χ2n) is 5.35. The van der Waals surface area contributed by atoms with Crippen molar-refractivity contribution >= 4 is 46.6 Å². The monoisotopic (exact) mass is 447 g/mol. The predicted molar refractivity (Wildman–Crippen MR) is 100.0 cm³/mol. The third-order valence-electron chi connectivity index (χ3n) is 3.37. The van der Waals surface area contributed by atoms with E-state index in [1.54, 1.807) is 18.2 Å². The van der Waals surface area contributed by atoms with E-state index in [4.69, 9.17) is 23.2 Å². The highest BCUT2D eigenvalue weighted by atomic mass is 35.5. The third-order valence-corrected chi connectivity index (χ3v) is 5.01. The molecule has 0 saturated carbocycles. The molecular formula is C16H10Cl2F3N5OS. The maximum absolute atomic E-state index is 12.7. The number of amides is 1. The highest BCUT2D eigenvalue weighted by molar-refractivity contribution is 8.00. The molecule has 1 aromatic carbocycles. The van der Waals surface area contributed by atoms with Crippen LogP contribution in [0.15, 0.2) is 48.1 Å². The van der Waals surface area contributed by atoms with Gasteiger partial charge in [-0.1, -0.05) is 35.0 Å². The van der Waals surface area contributed by atoms with Gasteiger partial charge in [-0.15, -0.1) is 0 Å². The number of nitrogens with one attached hydrogen (secondary N) is 1. The first-order valence-electron chi connectivity index (χ1n) is 7.54. The summed E-state index contributed by atoms with van der Waals surface area (Å²) >= 11 is 12.7. The number of halogens is 5. The Morgan fingerprint density at radius 3 is 2.68 bits per heavy atom. The molecule has 28 heavy (non-hydrogen) atoms.